The highest BCUT2D eigenvalue weighted by Gasteiger charge is 2.53. The number of hydrogen-bond donors (Lipinski definition) is 3. The van der Waals surface area contributed by atoms with Crippen molar-refractivity contribution < 1.29 is 29.3 Å². The average Bonchev–Trinajstić information content (AvgIpc) is 3.32. The highest BCUT2D eigenvalue weighted by molar-refractivity contribution is 5.88. The van der Waals surface area contributed by atoms with Gasteiger partial charge in [-0.15, -0.1) is 0 Å². The standard InChI is InChI=1S/C32H45N3O6/c1-19-10-9-14-32(6)27(41-32)17-25(40-28(37)18-26(36)31(4,5)30(39)21(3)29(19)38)20(2)16-22-13-15-35(34-22)24-12-8-7-11-23(24)33/h7-8,11-13,15-16,19,21,25-27,29,36,38H,9-10,14,17-18,33H2,1-6H3/b20-16+/t19-,21+,25-,26-,27-,29-,32+/m0/s1. The van der Waals surface area contributed by atoms with E-state index in [4.69, 9.17) is 15.2 Å². The molecule has 0 radical (unpaired) electrons. The van der Waals surface area contributed by atoms with E-state index in [1.807, 2.05) is 56.5 Å². The molecule has 0 unspecified atom stereocenters. The Hall–Kier alpha value is -3.01. The van der Waals surface area contributed by atoms with E-state index in [1.54, 1.807) is 25.5 Å². The Balaban J connectivity index is 1.58. The minimum absolute atomic E-state index is 0.0930. The molecular weight excluding hydrogens is 522 g/mol. The van der Waals surface area contributed by atoms with Crippen molar-refractivity contribution in [1.82, 2.24) is 9.78 Å². The monoisotopic (exact) mass is 567 g/mol. The lowest BCUT2D eigenvalue weighted by Gasteiger charge is -2.34. The minimum atomic E-state index is -1.26. The summed E-state index contributed by atoms with van der Waals surface area (Å²) in [6.45, 7) is 10.8. The number of epoxide rings is 1. The van der Waals surface area contributed by atoms with E-state index in [2.05, 4.69) is 12.0 Å². The number of ether oxygens (including phenoxy) is 2. The first-order valence-corrected chi connectivity index (χ1v) is 14.6. The SMILES string of the molecule is C/C(=C\c1ccn(-c2ccccc2N)n1)[C@@H]1C[C@@H]2O[C@]2(C)CCC[C@H](C)[C@H](O)[C@@H](C)C(=O)C(C)(C)[C@@H](O)CC(=O)O1. The molecule has 9 heteroatoms. The Kier molecular flexibility index (Phi) is 9.11. The molecule has 41 heavy (non-hydrogen) atoms. The number of benzene rings is 1. The number of hydrogen-bond acceptors (Lipinski definition) is 8. The molecule has 0 aliphatic carbocycles. The van der Waals surface area contributed by atoms with Crippen molar-refractivity contribution in [2.24, 2.45) is 17.3 Å². The minimum Gasteiger partial charge on any atom is -0.458 e. The van der Waals surface area contributed by atoms with Gasteiger partial charge in [-0.25, -0.2) is 4.68 Å². The number of rotatable bonds is 3. The number of nitrogens with zero attached hydrogens (tertiary/aromatic N) is 2. The Morgan fingerprint density at radius 3 is 2.56 bits per heavy atom. The van der Waals surface area contributed by atoms with Gasteiger partial charge in [0.15, 0.2) is 0 Å². The number of para-hydroxylation sites is 2. The lowest BCUT2D eigenvalue weighted by molar-refractivity contribution is -0.154. The highest BCUT2D eigenvalue weighted by Crippen LogP contribution is 2.45. The van der Waals surface area contributed by atoms with Gasteiger partial charge in [-0.05, 0) is 62.5 Å². The Bertz CT molecular complexity index is 1290. The van der Waals surface area contributed by atoms with Crippen molar-refractivity contribution in [2.75, 3.05) is 5.73 Å². The number of aliphatic hydroxyl groups is 2. The molecule has 1 aromatic heterocycles. The molecule has 2 aliphatic rings. The molecule has 2 aromatic rings. The van der Waals surface area contributed by atoms with Gasteiger partial charge in [0.2, 0.25) is 0 Å². The molecule has 4 N–H and O–H groups in total. The number of aliphatic hydroxyl groups excluding tert-OH is 2. The quantitative estimate of drug-likeness (QED) is 0.280. The third-order valence-electron chi connectivity index (χ3n) is 9.08. The summed E-state index contributed by atoms with van der Waals surface area (Å²) in [6.07, 6.45) is 3.41. The van der Waals surface area contributed by atoms with Crippen LogP contribution in [0.25, 0.3) is 11.8 Å². The van der Waals surface area contributed by atoms with Crippen molar-refractivity contribution in [3.05, 3.63) is 47.8 Å². The fourth-order valence-electron chi connectivity index (χ4n) is 5.87. The van der Waals surface area contributed by atoms with Crippen LogP contribution in [-0.2, 0) is 19.1 Å². The molecule has 0 amide bonds. The Morgan fingerprint density at radius 2 is 1.85 bits per heavy atom. The maximum absolute atomic E-state index is 13.3. The van der Waals surface area contributed by atoms with Crippen molar-refractivity contribution in [3.8, 4) is 5.69 Å². The van der Waals surface area contributed by atoms with Crippen LogP contribution in [0.3, 0.4) is 0 Å². The molecule has 0 bridgehead atoms. The number of esters is 1. The van der Waals surface area contributed by atoms with Crippen molar-refractivity contribution in [2.45, 2.75) is 104 Å². The van der Waals surface area contributed by atoms with Gasteiger partial charge in [0.05, 0.1) is 52.8 Å². The van der Waals surface area contributed by atoms with Crippen LogP contribution in [0.4, 0.5) is 5.69 Å². The van der Waals surface area contributed by atoms with E-state index >= 15 is 0 Å². The number of ketones is 1. The zero-order chi connectivity index (χ0) is 30.1. The summed E-state index contributed by atoms with van der Waals surface area (Å²) >= 11 is 0. The zero-order valence-electron chi connectivity index (χ0n) is 25.0. The first kappa shape index (κ1) is 30.9. The normalized spacial score (nSPS) is 33.6. The van der Waals surface area contributed by atoms with Gasteiger partial charge in [-0.2, -0.15) is 5.10 Å². The molecule has 224 valence electrons. The second kappa shape index (κ2) is 12.1. The first-order valence-electron chi connectivity index (χ1n) is 14.6. The van der Waals surface area contributed by atoms with E-state index < -0.39 is 35.6 Å². The van der Waals surface area contributed by atoms with E-state index in [1.165, 1.54) is 0 Å². The van der Waals surface area contributed by atoms with Gasteiger partial charge >= 0.3 is 5.97 Å². The van der Waals surface area contributed by atoms with Crippen LogP contribution >= 0.6 is 0 Å². The Labute approximate surface area is 242 Å². The summed E-state index contributed by atoms with van der Waals surface area (Å²) in [5.41, 5.74) is 7.38. The predicted molar refractivity (Wildman–Crippen MR) is 157 cm³/mol. The number of Topliss-reactive ketones (excluding diaryl/α,β-unsaturated/α-hetero) is 1. The van der Waals surface area contributed by atoms with Crippen molar-refractivity contribution in [3.63, 3.8) is 0 Å². The number of nitrogens with two attached hydrogens (primary N) is 1. The maximum Gasteiger partial charge on any atom is 0.309 e. The second-order valence-corrected chi connectivity index (χ2v) is 12.7. The van der Waals surface area contributed by atoms with Crippen LogP contribution in [0, 0.1) is 17.3 Å². The van der Waals surface area contributed by atoms with Gasteiger partial charge in [0.1, 0.15) is 11.9 Å². The number of fused-ring (bicyclic) bond motifs is 1. The smallest absolute Gasteiger partial charge is 0.309 e. The zero-order valence-corrected chi connectivity index (χ0v) is 25.0. The average molecular weight is 568 g/mol. The number of aromatic nitrogens is 2. The summed E-state index contributed by atoms with van der Waals surface area (Å²) in [5.74, 6) is -1.65. The topological polar surface area (TPSA) is 140 Å². The highest BCUT2D eigenvalue weighted by atomic mass is 16.6. The third kappa shape index (κ3) is 6.90. The summed E-state index contributed by atoms with van der Waals surface area (Å²) < 4.78 is 13.7. The van der Waals surface area contributed by atoms with Crippen molar-refractivity contribution >= 4 is 23.5 Å². The van der Waals surface area contributed by atoms with Crippen LogP contribution in [0.5, 0.6) is 0 Å². The summed E-state index contributed by atoms with van der Waals surface area (Å²) in [7, 11) is 0. The van der Waals surface area contributed by atoms with Crippen LogP contribution in [0.1, 0.15) is 79.3 Å². The number of carbonyl (C=O) groups excluding carboxylic acids is 2. The van der Waals surface area contributed by atoms with Gasteiger partial charge in [-0.1, -0.05) is 46.2 Å². The molecule has 0 spiro atoms. The first-order chi connectivity index (χ1) is 19.2. The molecule has 1 aromatic carbocycles. The molecule has 0 saturated carbocycles. The van der Waals surface area contributed by atoms with E-state index in [-0.39, 0.29) is 29.8 Å². The molecule has 2 aliphatic heterocycles. The lowest BCUT2D eigenvalue weighted by Crippen LogP contribution is -2.45. The van der Waals surface area contributed by atoms with Crippen LogP contribution < -0.4 is 5.73 Å². The van der Waals surface area contributed by atoms with Gasteiger partial charge in [0.25, 0.3) is 0 Å². The number of carbonyl (C=O) groups is 2. The Morgan fingerprint density at radius 1 is 1.15 bits per heavy atom. The van der Waals surface area contributed by atoms with Crippen LogP contribution in [-0.4, -0.2) is 61.8 Å². The largest absolute Gasteiger partial charge is 0.458 e. The lowest BCUT2D eigenvalue weighted by atomic mass is 9.73. The van der Waals surface area contributed by atoms with Gasteiger partial charge in [-0.3, -0.25) is 9.59 Å². The van der Waals surface area contributed by atoms with E-state index in [0.717, 1.165) is 30.5 Å². The predicted octanol–water partition coefficient (Wildman–Crippen LogP) is 4.48. The summed E-state index contributed by atoms with van der Waals surface area (Å²) in [6, 6.07) is 9.32. The molecule has 2 fully saturated rings. The van der Waals surface area contributed by atoms with Gasteiger partial charge < -0.3 is 25.4 Å². The molecule has 9 nitrogen and oxygen atoms in total. The molecule has 3 heterocycles. The molecular formula is C32H45N3O6. The summed E-state index contributed by atoms with van der Waals surface area (Å²) in [5, 5.41) is 26.5. The van der Waals surface area contributed by atoms with Gasteiger partial charge in [0, 0.05) is 18.5 Å². The fourth-order valence-corrected chi connectivity index (χ4v) is 5.87. The molecule has 4 rings (SSSR count). The third-order valence-corrected chi connectivity index (χ3v) is 9.08. The van der Waals surface area contributed by atoms with Crippen molar-refractivity contribution in [1.29, 1.82) is 0 Å². The fraction of sp³-hybridized carbons (Fsp3) is 0.594. The molecule has 7 atom stereocenters. The maximum atomic E-state index is 13.3. The number of cyclic esters (lactones) is 1. The summed E-state index contributed by atoms with van der Waals surface area (Å²) in [4.78, 5) is 26.5. The van der Waals surface area contributed by atoms with E-state index in [0.29, 0.717) is 17.8 Å². The van der Waals surface area contributed by atoms with Crippen LogP contribution in [0.15, 0.2) is 42.1 Å². The van der Waals surface area contributed by atoms with E-state index in [9.17, 15) is 19.8 Å². The second-order valence-electron chi connectivity index (χ2n) is 12.7. The molecule has 2 saturated heterocycles. The number of nitrogen functional groups attached to an aromatic ring is 1. The number of anilines is 1. The van der Waals surface area contributed by atoms with Crippen LogP contribution in [0.2, 0.25) is 0 Å².